The fraction of sp³-hybridized carbons (Fsp3) is 0.286. The number of para-hydroxylation sites is 1. The summed E-state index contributed by atoms with van der Waals surface area (Å²) in [4.78, 5) is 12.6. The van der Waals surface area contributed by atoms with Crippen LogP contribution in [0.4, 0.5) is 5.69 Å². The third-order valence-electron chi connectivity index (χ3n) is 4.79. The lowest BCUT2D eigenvalue weighted by Crippen LogP contribution is -2.48. The van der Waals surface area contributed by atoms with Crippen LogP contribution in [0.5, 0.6) is 0 Å². The Morgan fingerprint density at radius 2 is 1.69 bits per heavy atom. The molecule has 29 heavy (non-hydrogen) atoms. The van der Waals surface area contributed by atoms with Crippen molar-refractivity contribution in [2.45, 2.75) is 31.0 Å². The fourth-order valence-corrected chi connectivity index (χ4v) is 5.06. The van der Waals surface area contributed by atoms with Gasteiger partial charge in [0, 0.05) is 24.2 Å². The van der Waals surface area contributed by atoms with E-state index in [4.69, 9.17) is 9.15 Å². The summed E-state index contributed by atoms with van der Waals surface area (Å²) >= 11 is 0. The maximum Gasteiger partial charge on any atom is 0.291 e. The van der Waals surface area contributed by atoms with E-state index in [-0.39, 0.29) is 22.9 Å². The number of benzene rings is 2. The number of ether oxygens (including phenoxy) is 1. The van der Waals surface area contributed by atoms with Crippen molar-refractivity contribution < 1.29 is 22.4 Å². The number of fused-ring (bicyclic) bond motifs is 1. The van der Waals surface area contributed by atoms with E-state index in [2.05, 4.69) is 5.32 Å². The van der Waals surface area contributed by atoms with E-state index in [0.29, 0.717) is 24.4 Å². The van der Waals surface area contributed by atoms with Crippen molar-refractivity contribution in [2.24, 2.45) is 0 Å². The lowest BCUT2D eigenvalue weighted by molar-refractivity contribution is -0.0440. The lowest BCUT2D eigenvalue weighted by Gasteiger charge is -2.34. The molecule has 2 atom stereocenters. The molecule has 3 aromatic rings. The smallest absolute Gasteiger partial charge is 0.291 e. The number of nitrogens with one attached hydrogen (secondary N) is 1. The van der Waals surface area contributed by atoms with E-state index in [9.17, 15) is 13.2 Å². The van der Waals surface area contributed by atoms with Crippen molar-refractivity contribution in [1.82, 2.24) is 4.31 Å². The minimum absolute atomic E-state index is 0.157. The van der Waals surface area contributed by atoms with Crippen LogP contribution in [0.15, 0.2) is 63.9 Å². The van der Waals surface area contributed by atoms with Crippen molar-refractivity contribution in [3.63, 3.8) is 0 Å². The first kappa shape index (κ1) is 19.6. The molecule has 7 nitrogen and oxygen atoms in total. The highest BCUT2D eigenvalue weighted by Gasteiger charge is 2.32. The van der Waals surface area contributed by atoms with Gasteiger partial charge in [-0.05, 0) is 50.2 Å². The van der Waals surface area contributed by atoms with Crippen LogP contribution < -0.4 is 5.32 Å². The second-order valence-electron chi connectivity index (χ2n) is 7.21. The maximum atomic E-state index is 12.9. The first-order valence-corrected chi connectivity index (χ1v) is 10.8. The second-order valence-corrected chi connectivity index (χ2v) is 9.14. The van der Waals surface area contributed by atoms with Crippen LogP contribution in [0.1, 0.15) is 24.4 Å². The molecule has 0 radical (unpaired) electrons. The highest BCUT2D eigenvalue weighted by Crippen LogP contribution is 2.23. The Bertz CT molecular complexity index is 1090. The van der Waals surface area contributed by atoms with Crippen LogP contribution in [0.25, 0.3) is 11.0 Å². The molecule has 4 rings (SSSR count). The van der Waals surface area contributed by atoms with Gasteiger partial charge in [-0.25, -0.2) is 8.42 Å². The number of rotatable bonds is 4. The molecule has 8 heteroatoms. The molecule has 152 valence electrons. The van der Waals surface area contributed by atoms with Gasteiger partial charge in [0.2, 0.25) is 10.0 Å². The number of anilines is 1. The highest BCUT2D eigenvalue weighted by atomic mass is 32.2. The molecule has 1 aliphatic rings. The van der Waals surface area contributed by atoms with Crippen molar-refractivity contribution in [3.8, 4) is 0 Å². The van der Waals surface area contributed by atoms with Gasteiger partial charge in [-0.2, -0.15) is 4.31 Å². The molecule has 0 aliphatic carbocycles. The molecule has 2 heterocycles. The Morgan fingerprint density at radius 3 is 2.34 bits per heavy atom. The van der Waals surface area contributed by atoms with E-state index in [0.717, 1.165) is 5.39 Å². The Morgan fingerprint density at radius 1 is 1.03 bits per heavy atom. The first-order chi connectivity index (χ1) is 13.8. The third-order valence-corrected chi connectivity index (χ3v) is 6.63. The van der Waals surface area contributed by atoms with E-state index in [1.54, 1.807) is 24.3 Å². The number of hydrogen-bond acceptors (Lipinski definition) is 5. The Labute approximate surface area is 169 Å². The van der Waals surface area contributed by atoms with E-state index < -0.39 is 15.9 Å². The van der Waals surface area contributed by atoms with Crippen LogP contribution in [-0.2, 0) is 14.8 Å². The molecule has 1 aliphatic heterocycles. The Hall–Kier alpha value is -2.68. The zero-order chi connectivity index (χ0) is 20.6. The number of carbonyl (C=O) groups is 1. The predicted molar refractivity (Wildman–Crippen MR) is 109 cm³/mol. The number of amides is 1. The zero-order valence-electron chi connectivity index (χ0n) is 16.2. The molecular formula is C21H22N2O5S. The summed E-state index contributed by atoms with van der Waals surface area (Å²) < 4.78 is 38.4. The lowest BCUT2D eigenvalue weighted by atomic mass is 10.2. The molecule has 1 amide bonds. The molecule has 0 saturated carbocycles. The molecule has 1 fully saturated rings. The van der Waals surface area contributed by atoms with Crippen LogP contribution in [-0.4, -0.2) is 43.9 Å². The van der Waals surface area contributed by atoms with Gasteiger partial charge in [-0.3, -0.25) is 4.79 Å². The molecule has 1 aromatic heterocycles. The monoisotopic (exact) mass is 414 g/mol. The summed E-state index contributed by atoms with van der Waals surface area (Å²) in [6.45, 7) is 4.35. The molecule has 0 bridgehead atoms. The zero-order valence-corrected chi connectivity index (χ0v) is 17.0. The van der Waals surface area contributed by atoms with Crippen LogP contribution in [0.2, 0.25) is 0 Å². The van der Waals surface area contributed by atoms with Gasteiger partial charge < -0.3 is 14.5 Å². The molecule has 2 aromatic carbocycles. The van der Waals surface area contributed by atoms with Crippen LogP contribution in [0.3, 0.4) is 0 Å². The quantitative estimate of drug-likeness (QED) is 0.706. The summed E-state index contributed by atoms with van der Waals surface area (Å²) in [7, 11) is -3.62. The minimum Gasteiger partial charge on any atom is -0.451 e. The number of sulfonamides is 1. The van der Waals surface area contributed by atoms with Gasteiger partial charge in [-0.1, -0.05) is 18.2 Å². The second kappa shape index (κ2) is 7.62. The number of nitrogens with zero attached hydrogens (tertiary/aromatic N) is 1. The maximum absolute atomic E-state index is 12.9. The summed E-state index contributed by atoms with van der Waals surface area (Å²) in [6.07, 6.45) is -0.313. The predicted octanol–water partition coefficient (Wildman–Crippen LogP) is 3.48. The van der Waals surface area contributed by atoms with Crippen molar-refractivity contribution in [1.29, 1.82) is 0 Å². The van der Waals surface area contributed by atoms with E-state index >= 15 is 0 Å². The van der Waals surface area contributed by atoms with Crippen molar-refractivity contribution >= 4 is 32.6 Å². The molecule has 1 N–H and O–H groups in total. The van der Waals surface area contributed by atoms with Gasteiger partial charge in [0.25, 0.3) is 5.91 Å². The SMILES string of the molecule is C[C@@H]1CN(S(=O)(=O)c2ccc(NC(=O)c3cc4ccccc4o3)cc2)C[C@H](C)O1. The van der Waals surface area contributed by atoms with Crippen LogP contribution >= 0.6 is 0 Å². The Balaban J connectivity index is 1.49. The summed E-state index contributed by atoms with van der Waals surface area (Å²) in [5, 5.41) is 3.57. The number of carbonyl (C=O) groups excluding carboxylic acids is 1. The fourth-order valence-electron chi connectivity index (χ4n) is 3.47. The van der Waals surface area contributed by atoms with Crippen LogP contribution in [0, 0.1) is 0 Å². The minimum atomic E-state index is -3.62. The number of furan rings is 1. The van der Waals surface area contributed by atoms with E-state index in [1.165, 1.54) is 16.4 Å². The van der Waals surface area contributed by atoms with Gasteiger partial charge in [0.1, 0.15) is 5.58 Å². The average Bonchev–Trinajstić information content (AvgIpc) is 3.12. The molecule has 0 unspecified atom stereocenters. The van der Waals surface area contributed by atoms with Crippen molar-refractivity contribution in [2.75, 3.05) is 18.4 Å². The first-order valence-electron chi connectivity index (χ1n) is 9.38. The summed E-state index contributed by atoms with van der Waals surface area (Å²) in [5.41, 5.74) is 1.12. The van der Waals surface area contributed by atoms with Gasteiger partial charge in [-0.15, -0.1) is 0 Å². The molecular weight excluding hydrogens is 392 g/mol. The highest BCUT2D eigenvalue weighted by molar-refractivity contribution is 7.89. The standard InChI is InChI=1S/C21H22N2O5S/c1-14-12-23(13-15(2)27-14)29(25,26)18-9-7-17(8-10-18)22-21(24)20-11-16-5-3-4-6-19(16)28-20/h3-11,14-15H,12-13H2,1-2H3,(H,22,24)/t14-,15+. The summed E-state index contributed by atoms with van der Waals surface area (Å²) in [5.74, 6) is -0.202. The Kier molecular flexibility index (Phi) is 5.16. The third kappa shape index (κ3) is 4.05. The largest absolute Gasteiger partial charge is 0.451 e. The number of morpholine rings is 1. The van der Waals surface area contributed by atoms with Crippen molar-refractivity contribution in [3.05, 3.63) is 60.4 Å². The number of hydrogen-bond donors (Lipinski definition) is 1. The average molecular weight is 414 g/mol. The van der Waals surface area contributed by atoms with Gasteiger partial charge >= 0.3 is 0 Å². The molecule has 1 saturated heterocycles. The topological polar surface area (TPSA) is 88.9 Å². The van der Waals surface area contributed by atoms with Gasteiger partial charge in [0.15, 0.2) is 5.76 Å². The summed E-state index contributed by atoms with van der Waals surface area (Å²) in [6, 6.07) is 15.2. The van der Waals surface area contributed by atoms with E-state index in [1.807, 2.05) is 32.0 Å². The normalized spacial score (nSPS) is 20.6. The van der Waals surface area contributed by atoms with Gasteiger partial charge in [0.05, 0.1) is 17.1 Å². The molecule has 0 spiro atoms.